The Bertz CT molecular complexity index is 1420. The van der Waals surface area contributed by atoms with Gasteiger partial charge in [0.2, 0.25) is 18.1 Å². The molecule has 5 nitrogen and oxygen atoms in total. The number of ether oxygens (including phenoxy) is 4. The van der Waals surface area contributed by atoms with Crippen molar-refractivity contribution in [2.45, 2.75) is 107 Å². The largest absolute Gasteiger partial charge is 0.493 e. The Morgan fingerprint density at radius 1 is 0.373 bits per heavy atom. The maximum absolute atomic E-state index is 7.73. The molecule has 276 valence electrons. The molecule has 0 fully saturated rings. The minimum Gasteiger partial charge on any atom is -0.493 e. The molecule has 0 aliphatic rings. The number of rotatable bonds is 22. The van der Waals surface area contributed by atoms with Crippen molar-refractivity contribution in [2.75, 3.05) is 26.4 Å². The van der Waals surface area contributed by atoms with Crippen molar-refractivity contribution >= 4 is 38.8 Å². The van der Waals surface area contributed by atoms with Crippen LogP contribution in [-0.4, -0.2) is 44.5 Å². The summed E-state index contributed by atoms with van der Waals surface area (Å²) in [5, 5.41) is 4.80. The number of hydrogen-bond donors (Lipinski definition) is 0. The van der Waals surface area contributed by atoms with Gasteiger partial charge in [0, 0.05) is 0 Å². The Morgan fingerprint density at radius 2 is 0.608 bits per heavy atom. The van der Waals surface area contributed by atoms with E-state index < -0.39 is 18.1 Å². The van der Waals surface area contributed by atoms with Crippen molar-refractivity contribution in [2.24, 2.45) is 0 Å². The van der Waals surface area contributed by atoms with E-state index in [0.717, 1.165) is 96.6 Å². The van der Waals surface area contributed by atoms with Crippen LogP contribution in [-0.2, 0) is 4.12 Å². The Kier molecular flexibility index (Phi) is 16.7. The minimum atomic E-state index is -2.32. The van der Waals surface area contributed by atoms with Gasteiger partial charge in [-0.2, -0.15) is 0 Å². The molecule has 51 heavy (non-hydrogen) atoms. The Balaban J connectivity index is 1.87. The summed E-state index contributed by atoms with van der Waals surface area (Å²) in [7, 11) is -4.64. The molecule has 0 heterocycles. The molecule has 0 saturated carbocycles. The average molecular weight is 727 g/mol. The number of aryl methyl sites for hydroxylation is 4. The lowest BCUT2D eigenvalue weighted by Gasteiger charge is -2.27. The first-order valence-electron chi connectivity index (χ1n) is 19.4. The highest BCUT2D eigenvalue weighted by atomic mass is 28.4. The van der Waals surface area contributed by atoms with Crippen LogP contribution in [0.2, 0.25) is 0 Å². The second kappa shape index (κ2) is 21.1. The van der Waals surface area contributed by atoms with Crippen molar-refractivity contribution in [3.8, 4) is 23.0 Å². The van der Waals surface area contributed by atoms with E-state index >= 15 is 0 Å². The molecule has 4 aromatic rings. The minimum absolute atomic E-state index is 0.708. The standard InChI is InChI=1S/C44H62O5Si2/c1-9-13-25-45-41-29-37(21-17-33(41)5)50(38-22-18-34(6)42(30-38)46-26-14-10-2)49-51(39-23-19-35(7)43(31-39)47-27-15-11-3)40-24-20-36(8)44(32-40)48-28-16-12-4/h17-24,29-32,50-51H,9-16,25-28H2,1-8H3. The molecular formula is C44H62O5Si2. The first-order chi connectivity index (χ1) is 24.8. The maximum Gasteiger partial charge on any atom is 0.229 e. The van der Waals surface area contributed by atoms with Gasteiger partial charge >= 0.3 is 0 Å². The first kappa shape index (κ1) is 40.2. The smallest absolute Gasteiger partial charge is 0.229 e. The predicted molar refractivity (Wildman–Crippen MR) is 220 cm³/mol. The highest BCUT2D eigenvalue weighted by Gasteiger charge is 2.29. The van der Waals surface area contributed by atoms with Crippen LogP contribution in [0.1, 0.15) is 101 Å². The van der Waals surface area contributed by atoms with Crippen LogP contribution in [0.15, 0.2) is 72.8 Å². The molecule has 0 amide bonds. The SMILES string of the molecule is CCCCOc1cc([SiH](O[SiH](c2ccc(C)c(OCCCC)c2)c2ccc(C)c(OCCCC)c2)c2ccc(C)c(OCCCC)c2)ccc1C. The predicted octanol–water partition coefficient (Wildman–Crippen LogP) is 8.03. The van der Waals surface area contributed by atoms with Crippen LogP contribution in [0.3, 0.4) is 0 Å². The molecule has 0 N–H and O–H groups in total. The van der Waals surface area contributed by atoms with Gasteiger partial charge < -0.3 is 23.1 Å². The van der Waals surface area contributed by atoms with E-state index in [9.17, 15) is 0 Å². The Hall–Kier alpha value is -3.53. The molecule has 0 saturated heterocycles. The molecule has 0 bridgehead atoms. The van der Waals surface area contributed by atoms with Crippen LogP contribution in [0.25, 0.3) is 0 Å². The third-order valence-corrected chi connectivity index (χ3v) is 15.4. The van der Waals surface area contributed by atoms with Crippen molar-refractivity contribution in [3.05, 3.63) is 95.1 Å². The van der Waals surface area contributed by atoms with Crippen molar-refractivity contribution in [1.82, 2.24) is 0 Å². The van der Waals surface area contributed by atoms with Gasteiger partial charge in [-0.3, -0.25) is 0 Å². The summed E-state index contributed by atoms with van der Waals surface area (Å²) in [5.41, 5.74) is 4.57. The van der Waals surface area contributed by atoms with Gasteiger partial charge in [-0.25, -0.2) is 0 Å². The summed E-state index contributed by atoms with van der Waals surface area (Å²) in [5.74, 6) is 3.76. The molecule has 0 aliphatic heterocycles. The van der Waals surface area contributed by atoms with Crippen LogP contribution in [0, 0.1) is 27.7 Å². The summed E-state index contributed by atoms with van der Waals surface area (Å²) in [6.45, 7) is 20.1. The second-order valence-corrected chi connectivity index (χ2v) is 19.1. The molecule has 4 rings (SSSR count). The first-order valence-corrected chi connectivity index (χ1v) is 22.6. The highest BCUT2D eigenvalue weighted by molar-refractivity contribution is 6.92. The lowest BCUT2D eigenvalue weighted by atomic mass is 10.2. The summed E-state index contributed by atoms with van der Waals surface area (Å²) < 4.78 is 33.2. The molecular weight excluding hydrogens is 665 g/mol. The number of unbranched alkanes of at least 4 members (excludes halogenated alkanes) is 4. The summed E-state index contributed by atoms with van der Waals surface area (Å²) in [6, 6.07) is 26.8. The van der Waals surface area contributed by atoms with Gasteiger partial charge in [0.05, 0.1) is 26.4 Å². The fraction of sp³-hybridized carbons (Fsp3) is 0.455. The van der Waals surface area contributed by atoms with Crippen molar-refractivity contribution in [3.63, 3.8) is 0 Å². The summed E-state index contributed by atoms with van der Waals surface area (Å²) in [4.78, 5) is 0. The number of hydrogen-bond acceptors (Lipinski definition) is 5. The summed E-state index contributed by atoms with van der Waals surface area (Å²) >= 11 is 0. The zero-order valence-electron chi connectivity index (χ0n) is 32.6. The van der Waals surface area contributed by atoms with Gasteiger partial charge in [0.1, 0.15) is 23.0 Å². The van der Waals surface area contributed by atoms with Crippen LogP contribution in [0.5, 0.6) is 23.0 Å². The molecule has 4 aromatic carbocycles. The molecule has 0 atom stereocenters. The fourth-order valence-corrected chi connectivity index (χ4v) is 12.5. The topological polar surface area (TPSA) is 46.2 Å². The van der Waals surface area contributed by atoms with Crippen LogP contribution in [0.4, 0.5) is 0 Å². The van der Waals surface area contributed by atoms with E-state index in [1.165, 1.54) is 20.7 Å². The molecule has 0 spiro atoms. The van der Waals surface area contributed by atoms with Gasteiger partial charge in [0.25, 0.3) is 0 Å². The van der Waals surface area contributed by atoms with E-state index in [1.807, 2.05) is 0 Å². The molecule has 0 aliphatic carbocycles. The second-order valence-electron chi connectivity index (χ2n) is 13.8. The lowest BCUT2D eigenvalue weighted by Crippen LogP contribution is -2.56. The van der Waals surface area contributed by atoms with Gasteiger partial charge in [-0.1, -0.05) is 102 Å². The Morgan fingerprint density at radius 3 is 0.824 bits per heavy atom. The Labute approximate surface area is 312 Å². The summed E-state index contributed by atoms with van der Waals surface area (Å²) in [6.07, 6.45) is 8.49. The highest BCUT2D eigenvalue weighted by Crippen LogP contribution is 2.22. The zero-order chi connectivity index (χ0) is 36.6. The zero-order valence-corrected chi connectivity index (χ0v) is 34.9. The van der Waals surface area contributed by atoms with Gasteiger partial charge in [-0.05, 0) is 121 Å². The van der Waals surface area contributed by atoms with E-state index in [4.69, 9.17) is 23.1 Å². The molecule has 0 aromatic heterocycles. The molecule has 0 radical (unpaired) electrons. The average Bonchev–Trinajstić information content (AvgIpc) is 3.13. The lowest BCUT2D eigenvalue weighted by molar-refractivity contribution is 0.307. The van der Waals surface area contributed by atoms with Crippen molar-refractivity contribution in [1.29, 1.82) is 0 Å². The van der Waals surface area contributed by atoms with E-state index in [-0.39, 0.29) is 0 Å². The fourth-order valence-electron chi connectivity index (χ4n) is 5.88. The monoisotopic (exact) mass is 726 g/mol. The van der Waals surface area contributed by atoms with E-state index in [1.54, 1.807) is 0 Å². The maximum atomic E-state index is 7.73. The van der Waals surface area contributed by atoms with Crippen LogP contribution < -0.4 is 39.7 Å². The third-order valence-electron chi connectivity index (χ3n) is 9.35. The van der Waals surface area contributed by atoms with Gasteiger partial charge in [0.15, 0.2) is 0 Å². The van der Waals surface area contributed by atoms with Crippen molar-refractivity contribution < 1.29 is 23.1 Å². The van der Waals surface area contributed by atoms with E-state index in [2.05, 4.69) is 128 Å². The van der Waals surface area contributed by atoms with E-state index in [0.29, 0.717) is 26.4 Å². The third kappa shape index (κ3) is 11.7. The van der Waals surface area contributed by atoms with Gasteiger partial charge in [-0.15, -0.1) is 0 Å². The quantitative estimate of drug-likeness (QED) is 0.0607. The molecule has 7 heteroatoms. The molecule has 0 unspecified atom stereocenters. The normalized spacial score (nSPS) is 11.3. The van der Waals surface area contributed by atoms with Crippen LogP contribution >= 0.6 is 0 Å². The number of benzene rings is 4.